The van der Waals surface area contributed by atoms with Crippen LogP contribution >= 0.6 is 23.2 Å². The third-order valence-electron chi connectivity index (χ3n) is 3.23. The molecule has 0 radical (unpaired) electrons. The Balaban J connectivity index is 2.11. The number of hydrogen-bond acceptors (Lipinski definition) is 3. The molecule has 19 heavy (non-hydrogen) atoms. The van der Waals surface area contributed by atoms with Crippen LogP contribution in [0.25, 0.3) is 0 Å². The van der Waals surface area contributed by atoms with Crippen molar-refractivity contribution in [2.75, 3.05) is 19.6 Å². The highest BCUT2D eigenvalue weighted by Gasteiger charge is 2.26. The van der Waals surface area contributed by atoms with Gasteiger partial charge in [0, 0.05) is 35.1 Å². The van der Waals surface area contributed by atoms with Crippen LogP contribution in [0.5, 0.6) is 0 Å². The molecule has 1 aromatic carbocycles. The van der Waals surface area contributed by atoms with Crippen molar-refractivity contribution in [1.29, 1.82) is 0 Å². The van der Waals surface area contributed by atoms with E-state index < -0.39 is 0 Å². The number of hydrogen-bond donors (Lipinski definition) is 2. The largest absolute Gasteiger partial charge is 0.356 e. The Bertz CT molecular complexity index is 463. The molecule has 1 aromatic rings. The zero-order chi connectivity index (χ0) is 13.9. The van der Waals surface area contributed by atoms with Crippen LogP contribution in [-0.2, 0) is 5.41 Å². The fourth-order valence-corrected chi connectivity index (χ4v) is 3.10. The number of aliphatic imine (C=N–C) groups is 1. The average molecular weight is 300 g/mol. The van der Waals surface area contributed by atoms with Crippen LogP contribution < -0.4 is 10.6 Å². The van der Waals surface area contributed by atoms with E-state index in [2.05, 4.69) is 29.5 Å². The molecule has 0 spiro atoms. The molecule has 0 unspecified atom stereocenters. The lowest BCUT2D eigenvalue weighted by molar-refractivity contribution is 0.506. The fourth-order valence-electron chi connectivity index (χ4n) is 2.19. The summed E-state index contributed by atoms with van der Waals surface area (Å²) in [7, 11) is 0. The van der Waals surface area contributed by atoms with Gasteiger partial charge in [0.1, 0.15) is 0 Å². The first-order chi connectivity index (χ1) is 9.00. The van der Waals surface area contributed by atoms with Crippen LogP contribution in [0.1, 0.15) is 25.8 Å². The standard InChI is InChI=1S/C14H19Cl2N3/c1-14(2,9-19-13-17-7-4-8-18-13)12-10(15)5-3-6-11(12)16/h3,5-6H,4,7-9H2,1-2H3,(H2,17,18,19). The molecule has 0 amide bonds. The van der Waals surface area contributed by atoms with Crippen LogP contribution in [0.3, 0.4) is 0 Å². The van der Waals surface area contributed by atoms with Crippen LogP contribution in [0.2, 0.25) is 10.0 Å². The van der Waals surface area contributed by atoms with E-state index in [0.29, 0.717) is 10.0 Å². The summed E-state index contributed by atoms with van der Waals surface area (Å²) in [6.07, 6.45) is 1.09. The maximum atomic E-state index is 6.28. The van der Waals surface area contributed by atoms with E-state index in [-0.39, 0.29) is 5.41 Å². The van der Waals surface area contributed by atoms with E-state index in [9.17, 15) is 0 Å². The van der Waals surface area contributed by atoms with E-state index in [1.807, 2.05) is 18.2 Å². The van der Waals surface area contributed by atoms with E-state index in [1.165, 1.54) is 0 Å². The van der Waals surface area contributed by atoms with Gasteiger partial charge in [0.15, 0.2) is 5.96 Å². The number of benzene rings is 1. The summed E-state index contributed by atoms with van der Waals surface area (Å²) in [5.74, 6) is 0.863. The minimum Gasteiger partial charge on any atom is -0.356 e. The molecule has 0 fully saturated rings. The van der Waals surface area contributed by atoms with Crippen molar-refractivity contribution in [1.82, 2.24) is 10.6 Å². The van der Waals surface area contributed by atoms with Gasteiger partial charge >= 0.3 is 0 Å². The van der Waals surface area contributed by atoms with Crippen LogP contribution in [0.15, 0.2) is 23.2 Å². The van der Waals surface area contributed by atoms with Gasteiger partial charge in [-0.25, -0.2) is 0 Å². The predicted molar refractivity (Wildman–Crippen MR) is 82.4 cm³/mol. The van der Waals surface area contributed by atoms with Crippen LogP contribution in [0, 0.1) is 0 Å². The first kappa shape index (κ1) is 14.5. The van der Waals surface area contributed by atoms with E-state index in [4.69, 9.17) is 23.2 Å². The summed E-state index contributed by atoms with van der Waals surface area (Å²) in [6, 6.07) is 5.62. The van der Waals surface area contributed by atoms with Crippen molar-refractivity contribution >= 4 is 29.2 Å². The first-order valence-electron chi connectivity index (χ1n) is 6.47. The summed E-state index contributed by atoms with van der Waals surface area (Å²) in [6.45, 7) is 6.82. The average Bonchev–Trinajstić information content (AvgIpc) is 2.37. The third kappa shape index (κ3) is 3.54. The maximum Gasteiger partial charge on any atom is 0.191 e. The molecule has 5 heteroatoms. The molecule has 0 aliphatic carbocycles. The molecule has 1 aliphatic heterocycles. The Hall–Kier alpha value is -0.930. The van der Waals surface area contributed by atoms with E-state index in [1.54, 1.807) is 0 Å². The molecule has 2 rings (SSSR count). The Kier molecular flexibility index (Phi) is 4.58. The number of nitrogens with zero attached hydrogens (tertiary/aromatic N) is 1. The number of rotatable bonds is 3. The van der Waals surface area contributed by atoms with E-state index in [0.717, 1.165) is 37.6 Å². The second kappa shape index (κ2) is 6.02. The topological polar surface area (TPSA) is 36.4 Å². The van der Waals surface area contributed by atoms with Crippen molar-refractivity contribution in [3.63, 3.8) is 0 Å². The molecule has 0 saturated carbocycles. The van der Waals surface area contributed by atoms with Gasteiger partial charge in [-0.2, -0.15) is 0 Å². The van der Waals surface area contributed by atoms with Crippen molar-refractivity contribution < 1.29 is 0 Å². The summed E-state index contributed by atoms with van der Waals surface area (Å²) >= 11 is 12.6. The van der Waals surface area contributed by atoms with Crippen molar-refractivity contribution in [3.05, 3.63) is 33.8 Å². The van der Waals surface area contributed by atoms with Crippen LogP contribution in [0.4, 0.5) is 0 Å². The van der Waals surface area contributed by atoms with Crippen molar-refractivity contribution in [2.24, 2.45) is 4.99 Å². The molecular formula is C14H19Cl2N3. The molecule has 1 aliphatic rings. The van der Waals surface area contributed by atoms with Gasteiger partial charge in [-0.05, 0) is 24.1 Å². The summed E-state index contributed by atoms with van der Waals surface area (Å²) in [4.78, 5) is 4.40. The molecule has 1 heterocycles. The van der Waals surface area contributed by atoms with Gasteiger partial charge in [0.2, 0.25) is 0 Å². The normalized spacial score (nSPS) is 15.7. The highest BCUT2D eigenvalue weighted by molar-refractivity contribution is 6.36. The van der Waals surface area contributed by atoms with Gasteiger partial charge in [0.05, 0.1) is 0 Å². The molecule has 0 saturated heterocycles. The lowest BCUT2D eigenvalue weighted by Gasteiger charge is -2.29. The van der Waals surface area contributed by atoms with Crippen LogP contribution in [-0.4, -0.2) is 25.6 Å². The third-order valence-corrected chi connectivity index (χ3v) is 3.86. The van der Waals surface area contributed by atoms with Gasteiger partial charge in [-0.1, -0.05) is 43.1 Å². The smallest absolute Gasteiger partial charge is 0.191 e. The van der Waals surface area contributed by atoms with Gasteiger partial charge in [0.25, 0.3) is 0 Å². The summed E-state index contributed by atoms with van der Waals surface area (Å²) in [5.41, 5.74) is 0.805. The maximum absolute atomic E-state index is 6.28. The van der Waals surface area contributed by atoms with Gasteiger partial charge in [-0.15, -0.1) is 0 Å². The number of halogens is 2. The van der Waals surface area contributed by atoms with Crippen molar-refractivity contribution in [3.8, 4) is 0 Å². The lowest BCUT2D eigenvalue weighted by Crippen LogP contribution is -2.45. The minimum absolute atomic E-state index is 0.170. The number of nitrogens with one attached hydrogen (secondary N) is 2. The molecule has 2 N–H and O–H groups in total. The highest BCUT2D eigenvalue weighted by Crippen LogP contribution is 2.35. The molecular weight excluding hydrogens is 281 g/mol. The summed E-state index contributed by atoms with van der Waals surface area (Å²) < 4.78 is 0. The van der Waals surface area contributed by atoms with Crippen molar-refractivity contribution in [2.45, 2.75) is 25.7 Å². The zero-order valence-electron chi connectivity index (χ0n) is 11.3. The Morgan fingerprint density at radius 1 is 1.32 bits per heavy atom. The highest BCUT2D eigenvalue weighted by atomic mass is 35.5. The fraction of sp³-hybridized carbons (Fsp3) is 0.500. The van der Waals surface area contributed by atoms with Gasteiger partial charge in [-0.3, -0.25) is 4.99 Å². The SMILES string of the molecule is CC(C)(CNC1=NCCCN1)c1c(Cl)cccc1Cl. The molecule has 0 aromatic heterocycles. The lowest BCUT2D eigenvalue weighted by atomic mass is 9.84. The molecule has 3 nitrogen and oxygen atoms in total. The second-order valence-electron chi connectivity index (χ2n) is 5.34. The van der Waals surface area contributed by atoms with E-state index >= 15 is 0 Å². The monoisotopic (exact) mass is 299 g/mol. The second-order valence-corrected chi connectivity index (χ2v) is 6.16. The van der Waals surface area contributed by atoms with Gasteiger partial charge < -0.3 is 10.6 Å². The molecule has 0 atom stereocenters. The molecule has 0 bridgehead atoms. The molecule has 104 valence electrons. The zero-order valence-corrected chi connectivity index (χ0v) is 12.8. The Morgan fingerprint density at radius 2 is 2.00 bits per heavy atom. The number of guanidine groups is 1. The minimum atomic E-state index is -0.170. The Morgan fingerprint density at radius 3 is 2.58 bits per heavy atom. The Labute approximate surface area is 124 Å². The predicted octanol–water partition coefficient (Wildman–Crippen LogP) is 3.21. The quantitative estimate of drug-likeness (QED) is 0.899. The first-order valence-corrected chi connectivity index (χ1v) is 7.23. The summed E-state index contributed by atoms with van der Waals surface area (Å²) in [5, 5.41) is 7.99.